The summed E-state index contributed by atoms with van der Waals surface area (Å²) < 4.78 is 36.2. The number of imidazole rings is 1. The maximum absolute atomic E-state index is 13.0. The number of methoxy groups -OCH3 is 2. The molecule has 2 atom stereocenters. The first-order valence-electron chi connectivity index (χ1n) is 21.0. The summed E-state index contributed by atoms with van der Waals surface area (Å²) in [4.78, 5) is 26.5. The van der Waals surface area contributed by atoms with Gasteiger partial charge in [0.2, 0.25) is 0 Å². The average molecular weight is 878 g/mol. The first-order chi connectivity index (χ1) is 31.2. The van der Waals surface area contributed by atoms with Gasteiger partial charge >= 0.3 is 0 Å². The molecule has 7 rings (SSSR count). The minimum atomic E-state index is -1.69. The normalized spacial score (nSPS) is 12.6. The van der Waals surface area contributed by atoms with Gasteiger partial charge < -0.3 is 28.6 Å². The van der Waals surface area contributed by atoms with Crippen molar-refractivity contribution in [2.24, 2.45) is 0 Å². The van der Waals surface area contributed by atoms with E-state index in [-0.39, 0.29) is 37.6 Å². The molecular formula is C50H52N7O6P. The topological polar surface area (TPSA) is 146 Å². The number of rotatable bonds is 20. The first kappa shape index (κ1) is 45.5. The largest absolute Gasteiger partial charge is 0.497 e. The number of benzene rings is 5. The number of nitriles is 1. The molecule has 0 fully saturated rings. The summed E-state index contributed by atoms with van der Waals surface area (Å²) >= 11 is 0. The highest BCUT2D eigenvalue weighted by Crippen LogP contribution is 2.51. The zero-order chi connectivity index (χ0) is 45.1. The minimum absolute atomic E-state index is 0.0676. The smallest absolute Gasteiger partial charge is 0.259 e. The van der Waals surface area contributed by atoms with Gasteiger partial charge in [-0.05, 0) is 98.5 Å². The molecule has 0 saturated heterocycles. The van der Waals surface area contributed by atoms with E-state index < -0.39 is 20.2 Å². The number of ether oxygens (including phenoxy) is 3. The van der Waals surface area contributed by atoms with E-state index in [1.807, 2.05) is 102 Å². The molecule has 0 aliphatic heterocycles. The number of carbonyl (C=O) groups is 1. The fraction of sp³-hybridized carbons (Fsp3) is 0.260. The van der Waals surface area contributed by atoms with Gasteiger partial charge in [-0.3, -0.25) is 9.36 Å². The van der Waals surface area contributed by atoms with E-state index >= 15 is 0 Å². The lowest BCUT2D eigenvalue weighted by Crippen LogP contribution is -2.36. The number of nitrogens with one attached hydrogen (secondary N) is 1. The molecule has 5 aromatic carbocycles. The van der Waals surface area contributed by atoms with Crippen molar-refractivity contribution in [3.63, 3.8) is 0 Å². The molecule has 328 valence electrons. The molecule has 1 amide bonds. The predicted molar refractivity (Wildman–Crippen MR) is 248 cm³/mol. The molecular weight excluding hydrogens is 826 g/mol. The summed E-state index contributed by atoms with van der Waals surface area (Å²) in [7, 11) is 1.60. The van der Waals surface area contributed by atoms with E-state index in [1.165, 1.54) is 6.33 Å². The number of hydrogen-bond donors (Lipinski definition) is 1. The van der Waals surface area contributed by atoms with Crippen LogP contribution >= 0.6 is 8.53 Å². The van der Waals surface area contributed by atoms with Gasteiger partial charge in [0.05, 0.1) is 39.9 Å². The Balaban J connectivity index is 1.30. The van der Waals surface area contributed by atoms with Crippen molar-refractivity contribution >= 4 is 31.4 Å². The summed E-state index contributed by atoms with van der Waals surface area (Å²) in [5.74, 6) is 1.44. The molecule has 0 bridgehead atoms. The summed E-state index contributed by atoms with van der Waals surface area (Å²) in [5.41, 5.74) is 4.62. The Morgan fingerprint density at radius 2 is 1.34 bits per heavy atom. The van der Waals surface area contributed by atoms with Gasteiger partial charge in [0.1, 0.15) is 35.9 Å². The molecule has 0 aliphatic carbocycles. The molecule has 2 heterocycles. The molecule has 7 aromatic rings. The minimum Gasteiger partial charge on any atom is -0.497 e. The lowest BCUT2D eigenvalue weighted by atomic mass is 9.80. The number of anilines is 1. The zero-order valence-electron chi connectivity index (χ0n) is 36.8. The number of amides is 1. The molecule has 1 unspecified atom stereocenters. The summed E-state index contributed by atoms with van der Waals surface area (Å²) in [5, 5.41) is 12.4. The van der Waals surface area contributed by atoms with E-state index in [0.717, 1.165) is 39.4 Å². The van der Waals surface area contributed by atoms with Gasteiger partial charge in [0.25, 0.3) is 14.4 Å². The van der Waals surface area contributed by atoms with Gasteiger partial charge in [-0.2, -0.15) is 5.26 Å². The van der Waals surface area contributed by atoms with Crippen LogP contribution in [0, 0.1) is 11.3 Å². The number of hydrogen-bond acceptors (Lipinski definition) is 11. The molecule has 2 aromatic heterocycles. The highest BCUT2D eigenvalue weighted by atomic mass is 31.2. The van der Waals surface area contributed by atoms with Crippen LogP contribution in [0.15, 0.2) is 146 Å². The van der Waals surface area contributed by atoms with Gasteiger partial charge in [-0.25, -0.2) is 19.6 Å². The molecule has 1 N–H and O–H groups in total. The van der Waals surface area contributed by atoms with Crippen molar-refractivity contribution in [1.29, 1.82) is 5.26 Å². The van der Waals surface area contributed by atoms with Crippen molar-refractivity contribution in [1.82, 2.24) is 24.2 Å². The maximum atomic E-state index is 13.0. The SMILES string of the molecule is COc1ccc(C(OC[C@@H](OP(OCCC#N)N(C(C)C)C(C)C)c2ccc(-n3cnc4c(NC(=O)c5ccccc5)ncnc43)cc2)(c2ccccc2)c2ccc(OC)cc2)cc1. The number of fused-ring (bicyclic) bond motifs is 1. The van der Waals surface area contributed by atoms with E-state index in [4.69, 9.17) is 23.3 Å². The molecule has 13 nitrogen and oxygen atoms in total. The van der Waals surface area contributed by atoms with Crippen LogP contribution in [0.4, 0.5) is 5.82 Å². The second-order valence-corrected chi connectivity index (χ2v) is 16.8. The lowest BCUT2D eigenvalue weighted by molar-refractivity contribution is -0.0352. The van der Waals surface area contributed by atoms with Crippen molar-refractivity contribution in [3.8, 4) is 23.3 Å². The average Bonchev–Trinajstić information content (AvgIpc) is 3.77. The second kappa shape index (κ2) is 21.2. The Labute approximate surface area is 375 Å². The molecule has 14 heteroatoms. The summed E-state index contributed by atoms with van der Waals surface area (Å²) in [6, 6.07) is 45.2. The molecule has 64 heavy (non-hydrogen) atoms. The van der Waals surface area contributed by atoms with Gasteiger partial charge in [0, 0.05) is 23.3 Å². The van der Waals surface area contributed by atoms with Crippen LogP contribution in [0.3, 0.4) is 0 Å². The third-order valence-corrected chi connectivity index (χ3v) is 12.8. The Bertz CT molecular complexity index is 2570. The van der Waals surface area contributed by atoms with Crippen LogP contribution in [0.1, 0.15) is 72.8 Å². The Morgan fingerprint density at radius 1 is 0.766 bits per heavy atom. The van der Waals surface area contributed by atoms with Crippen LogP contribution in [-0.2, 0) is 19.4 Å². The standard InChI is InChI=1S/C50H52N7O6P/c1-35(2)57(36(3)4)64(62-31-13-30-51)63-45(32-61-50(39-16-11-8-12-17-39,40-20-26-43(59-5)27-21-40)41-22-28-44(60-6)29-23-41)37-18-24-42(25-19-37)56-34-54-46-47(52-33-53-48(46)56)55-49(58)38-14-9-7-10-15-38/h7-12,14-29,33-36,45H,13,31-32H2,1-6H3,(H,52,53,55,58)/t45-,64?/m1/s1. The highest BCUT2D eigenvalue weighted by Gasteiger charge is 2.40. The number of carbonyl (C=O) groups excluding carboxylic acids is 1. The van der Waals surface area contributed by atoms with Crippen molar-refractivity contribution < 1.29 is 28.1 Å². The number of aromatic nitrogens is 4. The van der Waals surface area contributed by atoms with Crippen LogP contribution in [0.2, 0.25) is 0 Å². The monoisotopic (exact) mass is 877 g/mol. The third kappa shape index (κ3) is 10.1. The van der Waals surface area contributed by atoms with Gasteiger partial charge in [-0.1, -0.05) is 84.9 Å². The van der Waals surface area contributed by atoms with E-state index in [9.17, 15) is 10.1 Å². The molecule has 0 spiro atoms. The van der Waals surface area contributed by atoms with E-state index in [2.05, 4.69) is 70.8 Å². The van der Waals surface area contributed by atoms with Gasteiger partial charge in [0.15, 0.2) is 17.0 Å². The molecule has 0 radical (unpaired) electrons. The van der Waals surface area contributed by atoms with Crippen LogP contribution in [0.5, 0.6) is 11.5 Å². The van der Waals surface area contributed by atoms with Crippen molar-refractivity contribution in [2.45, 2.75) is 57.9 Å². The summed E-state index contributed by atoms with van der Waals surface area (Å²) in [6.07, 6.45) is 2.62. The Kier molecular flexibility index (Phi) is 15.1. The Hall–Kier alpha value is -6.52. The quantitative estimate of drug-likeness (QED) is 0.0443. The van der Waals surface area contributed by atoms with Crippen molar-refractivity contribution in [2.75, 3.05) is 32.8 Å². The molecule has 0 aliphatic rings. The van der Waals surface area contributed by atoms with E-state index in [0.29, 0.717) is 22.5 Å². The third-order valence-electron chi connectivity index (χ3n) is 10.6. The summed E-state index contributed by atoms with van der Waals surface area (Å²) in [6.45, 7) is 8.73. The van der Waals surface area contributed by atoms with Crippen LogP contribution in [0.25, 0.3) is 16.9 Å². The first-order valence-corrected chi connectivity index (χ1v) is 22.2. The van der Waals surface area contributed by atoms with Crippen LogP contribution < -0.4 is 14.8 Å². The van der Waals surface area contributed by atoms with Crippen LogP contribution in [-0.4, -0.2) is 69.6 Å². The lowest BCUT2D eigenvalue weighted by Gasteiger charge is -2.39. The van der Waals surface area contributed by atoms with Crippen molar-refractivity contribution in [3.05, 3.63) is 174 Å². The maximum Gasteiger partial charge on any atom is 0.259 e. The van der Waals surface area contributed by atoms with Gasteiger partial charge in [-0.15, -0.1) is 0 Å². The highest BCUT2D eigenvalue weighted by molar-refractivity contribution is 7.44. The fourth-order valence-corrected chi connectivity index (χ4v) is 9.30. The second-order valence-electron chi connectivity index (χ2n) is 15.4. The predicted octanol–water partition coefficient (Wildman–Crippen LogP) is 10.4. The number of nitrogens with zero attached hydrogens (tertiary/aromatic N) is 6. The molecule has 0 saturated carbocycles. The van der Waals surface area contributed by atoms with E-state index in [1.54, 1.807) is 44.8 Å². The Morgan fingerprint density at radius 3 is 1.91 bits per heavy atom. The zero-order valence-corrected chi connectivity index (χ0v) is 37.7. The fourth-order valence-electron chi connectivity index (χ4n) is 7.60.